The number of nitrogens with two attached hydrogens (primary N) is 1. The van der Waals surface area contributed by atoms with Gasteiger partial charge < -0.3 is 10.6 Å². The number of hydrogen-bond acceptors (Lipinski definition) is 3. The van der Waals surface area contributed by atoms with Gasteiger partial charge in [-0.15, -0.1) is 0 Å². The van der Waals surface area contributed by atoms with E-state index in [1.165, 1.54) is 38.5 Å². The first-order chi connectivity index (χ1) is 7.79. The zero-order valence-corrected chi connectivity index (χ0v) is 10.0. The van der Waals surface area contributed by atoms with Crippen molar-refractivity contribution in [3.05, 3.63) is 18.5 Å². The van der Waals surface area contributed by atoms with Gasteiger partial charge in [-0.25, -0.2) is 0 Å². The molecule has 2 N–H and O–H groups in total. The second kappa shape index (κ2) is 5.19. The number of nitrogen functional groups attached to an aromatic ring is 1. The van der Waals surface area contributed by atoms with Crippen molar-refractivity contribution in [3.63, 3.8) is 0 Å². The average molecular weight is 219 g/mol. The zero-order valence-electron chi connectivity index (χ0n) is 10.0. The van der Waals surface area contributed by atoms with Crippen molar-refractivity contribution in [2.75, 3.05) is 17.7 Å². The standard InChI is InChI=1S/C13H21N3/c1-16(11-6-4-2-3-5-7-11)13-8-9-15-10-12(13)14/h8-11H,2-7,14H2,1H3. The van der Waals surface area contributed by atoms with Gasteiger partial charge in [-0.2, -0.15) is 0 Å². The molecule has 0 aromatic carbocycles. The van der Waals surface area contributed by atoms with Crippen LogP contribution in [0.5, 0.6) is 0 Å². The summed E-state index contributed by atoms with van der Waals surface area (Å²) in [5, 5.41) is 0. The van der Waals surface area contributed by atoms with Crippen LogP contribution in [0.1, 0.15) is 38.5 Å². The molecule has 16 heavy (non-hydrogen) atoms. The smallest absolute Gasteiger partial charge is 0.0738 e. The van der Waals surface area contributed by atoms with Crippen LogP contribution in [0, 0.1) is 0 Å². The van der Waals surface area contributed by atoms with E-state index in [2.05, 4.69) is 16.9 Å². The van der Waals surface area contributed by atoms with E-state index in [9.17, 15) is 0 Å². The van der Waals surface area contributed by atoms with Crippen LogP contribution in [0.2, 0.25) is 0 Å². The Bertz CT molecular complexity index is 330. The number of rotatable bonds is 2. The predicted octanol–water partition coefficient (Wildman–Crippen LogP) is 2.82. The molecule has 0 saturated heterocycles. The van der Waals surface area contributed by atoms with Gasteiger partial charge in [-0.3, -0.25) is 4.98 Å². The molecule has 3 heteroatoms. The zero-order chi connectivity index (χ0) is 11.4. The molecule has 0 unspecified atom stereocenters. The van der Waals surface area contributed by atoms with E-state index in [1.807, 2.05) is 12.3 Å². The summed E-state index contributed by atoms with van der Waals surface area (Å²) >= 11 is 0. The molecule has 88 valence electrons. The van der Waals surface area contributed by atoms with Gasteiger partial charge in [0.15, 0.2) is 0 Å². The molecule has 0 aliphatic heterocycles. The van der Waals surface area contributed by atoms with Crippen LogP contribution in [0.25, 0.3) is 0 Å². The predicted molar refractivity (Wildman–Crippen MR) is 68.5 cm³/mol. The molecule has 1 aliphatic rings. The second-order valence-electron chi connectivity index (χ2n) is 4.69. The van der Waals surface area contributed by atoms with E-state index in [0.29, 0.717) is 6.04 Å². The summed E-state index contributed by atoms with van der Waals surface area (Å²) in [5.74, 6) is 0. The summed E-state index contributed by atoms with van der Waals surface area (Å²) in [6.45, 7) is 0. The Morgan fingerprint density at radius 1 is 1.25 bits per heavy atom. The molecule has 1 heterocycles. The van der Waals surface area contributed by atoms with E-state index < -0.39 is 0 Å². The van der Waals surface area contributed by atoms with Crippen molar-refractivity contribution in [2.24, 2.45) is 0 Å². The van der Waals surface area contributed by atoms with Crippen molar-refractivity contribution in [2.45, 2.75) is 44.6 Å². The monoisotopic (exact) mass is 219 g/mol. The highest BCUT2D eigenvalue weighted by Gasteiger charge is 2.18. The van der Waals surface area contributed by atoms with E-state index in [-0.39, 0.29) is 0 Å². The lowest BCUT2D eigenvalue weighted by atomic mass is 10.1. The maximum atomic E-state index is 5.96. The quantitative estimate of drug-likeness (QED) is 0.778. The lowest BCUT2D eigenvalue weighted by Gasteiger charge is -2.30. The number of pyridine rings is 1. The third kappa shape index (κ3) is 2.46. The number of hydrogen-bond donors (Lipinski definition) is 1. The lowest BCUT2D eigenvalue weighted by Crippen LogP contribution is -2.31. The molecule has 3 nitrogen and oxygen atoms in total. The molecule has 0 radical (unpaired) electrons. The molecule has 1 saturated carbocycles. The maximum absolute atomic E-state index is 5.96. The Labute approximate surface area is 97.7 Å². The van der Waals surface area contributed by atoms with Gasteiger partial charge in [0.2, 0.25) is 0 Å². The van der Waals surface area contributed by atoms with E-state index in [1.54, 1.807) is 6.20 Å². The highest BCUT2D eigenvalue weighted by Crippen LogP contribution is 2.28. The topological polar surface area (TPSA) is 42.2 Å². The number of aromatic nitrogens is 1. The molecule has 0 spiro atoms. The van der Waals surface area contributed by atoms with Crippen molar-refractivity contribution in [1.82, 2.24) is 4.98 Å². The fourth-order valence-electron chi connectivity index (χ4n) is 2.56. The minimum Gasteiger partial charge on any atom is -0.396 e. The molecule has 1 aliphatic carbocycles. The largest absolute Gasteiger partial charge is 0.396 e. The maximum Gasteiger partial charge on any atom is 0.0738 e. The van der Waals surface area contributed by atoms with Gasteiger partial charge >= 0.3 is 0 Å². The van der Waals surface area contributed by atoms with Crippen LogP contribution in [-0.4, -0.2) is 18.1 Å². The summed E-state index contributed by atoms with van der Waals surface area (Å²) in [6.07, 6.45) is 11.6. The Balaban J connectivity index is 2.11. The van der Waals surface area contributed by atoms with Gasteiger partial charge in [0, 0.05) is 19.3 Å². The molecular formula is C13H21N3. The van der Waals surface area contributed by atoms with Crippen LogP contribution in [0.3, 0.4) is 0 Å². The molecule has 1 aromatic rings. The third-order valence-corrected chi connectivity index (χ3v) is 3.58. The van der Waals surface area contributed by atoms with E-state index in [0.717, 1.165) is 11.4 Å². The van der Waals surface area contributed by atoms with E-state index in [4.69, 9.17) is 5.73 Å². The summed E-state index contributed by atoms with van der Waals surface area (Å²) < 4.78 is 0. The van der Waals surface area contributed by atoms with Crippen molar-refractivity contribution in [3.8, 4) is 0 Å². The van der Waals surface area contributed by atoms with Gasteiger partial charge in [-0.05, 0) is 18.9 Å². The summed E-state index contributed by atoms with van der Waals surface area (Å²) in [7, 11) is 2.15. The summed E-state index contributed by atoms with van der Waals surface area (Å²) in [4.78, 5) is 6.37. The fraction of sp³-hybridized carbons (Fsp3) is 0.615. The molecule has 1 fully saturated rings. The minimum absolute atomic E-state index is 0.646. The third-order valence-electron chi connectivity index (χ3n) is 3.58. The highest BCUT2D eigenvalue weighted by molar-refractivity contribution is 5.65. The second-order valence-corrected chi connectivity index (χ2v) is 4.69. The number of nitrogens with zero attached hydrogens (tertiary/aromatic N) is 2. The Morgan fingerprint density at radius 3 is 2.56 bits per heavy atom. The lowest BCUT2D eigenvalue weighted by molar-refractivity contribution is 0.553. The Morgan fingerprint density at radius 2 is 1.94 bits per heavy atom. The molecule has 0 amide bonds. The SMILES string of the molecule is CN(c1ccncc1N)C1CCCCCC1. The van der Waals surface area contributed by atoms with Gasteiger partial charge in [0.1, 0.15) is 0 Å². The number of anilines is 2. The molecule has 0 bridgehead atoms. The van der Waals surface area contributed by atoms with Crippen LogP contribution in [-0.2, 0) is 0 Å². The van der Waals surface area contributed by atoms with Crippen LogP contribution in [0.15, 0.2) is 18.5 Å². The van der Waals surface area contributed by atoms with E-state index >= 15 is 0 Å². The van der Waals surface area contributed by atoms with Crippen LogP contribution in [0.4, 0.5) is 11.4 Å². The Kier molecular flexibility index (Phi) is 3.65. The fourth-order valence-corrected chi connectivity index (χ4v) is 2.56. The molecule has 0 atom stereocenters. The minimum atomic E-state index is 0.646. The first kappa shape index (κ1) is 11.2. The van der Waals surface area contributed by atoms with Crippen LogP contribution >= 0.6 is 0 Å². The normalized spacial score (nSPS) is 18.1. The average Bonchev–Trinajstić information content (AvgIpc) is 2.57. The summed E-state index contributed by atoms with van der Waals surface area (Å²) in [6, 6.07) is 2.66. The van der Waals surface area contributed by atoms with Crippen molar-refractivity contribution in [1.29, 1.82) is 0 Å². The van der Waals surface area contributed by atoms with Gasteiger partial charge in [0.05, 0.1) is 17.6 Å². The van der Waals surface area contributed by atoms with Crippen molar-refractivity contribution >= 4 is 11.4 Å². The van der Waals surface area contributed by atoms with Gasteiger partial charge in [0.25, 0.3) is 0 Å². The first-order valence-corrected chi connectivity index (χ1v) is 6.21. The molecule has 2 rings (SSSR count). The van der Waals surface area contributed by atoms with Crippen LogP contribution < -0.4 is 10.6 Å². The van der Waals surface area contributed by atoms with Gasteiger partial charge in [-0.1, -0.05) is 25.7 Å². The highest BCUT2D eigenvalue weighted by atomic mass is 15.1. The molecular weight excluding hydrogens is 198 g/mol. The first-order valence-electron chi connectivity index (χ1n) is 6.21. The Hall–Kier alpha value is -1.25. The van der Waals surface area contributed by atoms with Crippen molar-refractivity contribution < 1.29 is 0 Å². The molecule has 1 aromatic heterocycles. The summed E-state index contributed by atoms with van der Waals surface area (Å²) in [5.41, 5.74) is 7.88.